The second-order valence-electron chi connectivity index (χ2n) is 3.28. The van der Waals surface area contributed by atoms with Crippen LogP contribution in [0.2, 0.25) is 0 Å². The lowest BCUT2D eigenvalue weighted by molar-refractivity contribution is 0.1000. The van der Waals surface area contributed by atoms with Gasteiger partial charge in [-0.2, -0.15) is 5.10 Å². The molecular weight excluding hydrogens is 190 g/mol. The molecule has 15 heavy (non-hydrogen) atoms. The Bertz CT molecular complexity index is 462. The second-order valence-corrected chi connectivity index (χ2v) is 3.28. The van der Waals surface area contributed by atoms with E-state index in [0.717, 1.165) is 5.56 Å². The normalized spacial score (nSPS) is 10.1. The van der Waals surface area contributed by atoms with Crippen LogP contribution < -0.4 is 5.73 Å². The van der Waals surface area contributed by atoms with Gasteiger partial charge < -0.3 is 5.73 Å². The SMILES string of the molecule is NC(=O)c1cnn(Cc2ccccc2)c1. The number of nitrogens with two attached hydrogens (primary N) is 1. The molecule has 76 valence electrons. The van der Waals surface area contributed by atoms with Gasteiger partial charge in [-0.25, -0.2) is 0 Å². The lowest BCUT2D eigenvalue weighted by Gasteiger charge is -2.00. The molecule has 0 aliphatic carbocycles. The van der Waals surface area contributed by atoms with E-state index >= 15 is 0 Å². The van der Waals surface area contributed by atoms with Crippen LogP contribution in [0.4, 0.5) is 0 Å². The third-order valence-electron chi connectivity index (χ3n) is 2.11. The maximum atomic E-state index is 10.8. The molecule has 0 bridgehead atoms. The first-order chi connectivity index (χ1) is 7.25. The highest BCUT2D eigenvalue weighted by Gasteiger charge is 2.03. The van der Waals surface area contributed by atoms with Gasteiger partial charge in [0.05, 0.1) is 18.3 Å². The standard InChI is InChI=1S/C11H11N3O/c12-11(15)10-6-13-14(8-10)7-9-4-2-1-3-5-9/h1-6,8H,7H2,(H2,12,15). The summed E-state index contributed by atoms with van der Waals surface area (Å²) in [6, 6.07) is 9.90. The molecule has 0 saturated heterocycles. The minimum absolute atomic E-state index is 0.436. The van der Waals surface area contributed by atoms with Crippen LogP contribution in [-0.2, 0) is 6.54 Å². The van der Waals surface area contributed by atoms with E-state index in [0.29, 0.717) is 12.1 Å². The summed E-state index contributed by atoms with van der Waals surface area (Å²) >= 11 is 0. The third kappa shape index (κ3) is 2.22. The van der Waals surface area contributed by atoms with Gasteiger partial charge >= 0.3 is 0 Å². The van der Waals surface area contributed by atoms with Crippen LogP contribution in [0.3, 0.4) is 0 Å². The van der Waals surface area contributed by atoms with E-state index in [4.69, 9.17) is 5.73 Å². The molecule has 2 rings (SSSR count). The van der Waals surface area contributed by atoms with E-state index in [2.05, 4.69) is 5.10 Å². The summed E-state index contributed by atoms with van der Waals surface area (Å²) in [7, 11) is 0. The van der Waals surface area contributed by atoms with Crippen molar-refractivity contribution in [2.75, 3.05) is 0 Å². The maximum Gasteiger partial charge on any atom is 0.251 e. The summed E-state index contributed by atoms with van der Waals surface area (Å²) in [6.07, 6.45) is 3.13. The predicted octanol–water partition coefficient (Wildman–Crippen LogP) is 1.03. The zero-order chi connectivity index (χ0) is 10.7. The zero-order valence-electron chi connectivity index (χ0n) is 8.13. The van der Waals surface area contributed by atoms with Gasteiger partial charge in [-0.1, -0.05) is 30.3 Å². The van der Waals surface area contributed by atoms with Crippen molar-refractivity contribution in [2.24, 2.45) is 5.73 Å². The zero-order valence-corrected chi connectivity index (χ0v) is 8.13. The number of carbonyl (C=O) groups is 1. The summed E-state index contributed by atoms with van der Waals surface area (Å²) in [4.78, 5) is 10.8. The molecule has 0 spiro atoms. The van der Waals surface area contributed by atoms with Crippen LogP contribution >= 0.6 is 0 Å². The second kappa shape index (κ2) is 3.96. The fourth-order valence-corrected chi connectivity index (χ4v) is 1.35. The van der Waals surface area contributed by atoms with Gasteiger partial charge in [0, 0.05) is 6.20 Å². The molecule has 0 fully saturated rings. The molecule has 0 radical (unpaired) electrons. The average molecular weight is 201 g/mol. The number of hydrogen-bond acceptors (Lipinski definition) is 2. The van der Waals surface area contributed by atoms with Crippen molar-refractivity contribution < 1.29 is 4.79 Å². The third-order valence-corrected chi connectivity index (χ3v) is 2.11. The van der Waals surface area contributed by atoms with Crippen LogP contribution in [0.25, 0.3) is 0 Å². The van der Waals surface area contributed by atoms with Gasteiger partial charge in [0.1, 0.15) is 0 Å². The number of hydrogen-bond donors (Lipinski definition) is 1. The minimum atomic E-state index is -0.450. The van der Waals surface area contributed by atoms with E-state index in [1.54, 1.807) is 10.9 Å². The Labute approximate surface area is 87.3 Å². The molecule has 4 heteroatoms. The molecule has 2 aromatic rings. The Morgan fingerprint density at radius 3 is 2.67 bits per heavy atom. The predicted molar refractivity (Wildman–Crippen MR) is 56.3 cm³/mol. The molecule has 0 aliphatic heterocycles. The highest BCUT2D eigenvalue weighted by molar-refractivity contribution is 5.92. The lowest BCUT2D eigenvalue weighted by atomic mass is 10.2. The first kappa shape index (κ1) is 9.45. The Balaban J connectivity index is 2.15. The monoisotopic (exact) mass is 201 g/mol. The highest BCUT2D eigenvalue weighted by Crippen LogP contribution is 2.03. The summed E-state index contributed by atoms with van der Waals surface area (Å²) in [6.45, 7) is 0.647. The lowest BCUT2D eigenvalue weighted by Crippen LogP contribution is -2.09. The molecule has 1 heterocycles. The van der Waals surface area contributed by atoms with Crippen LogP contribution in [0.5, 0.6) is 0 Å². The van der Waals surface area contributed by atoms with Crippen molar-refractivity contribution in [1.82, 2.24) is 9.78 Å². The molecule has 1 aromatic heterocycles. The summed E-state index contributed by atoms with van der Waals surface area (Å²) in [5.41, 5.74) is 6.70. The quantitative estimate of drug-likeness (QED) is 0.806. The van der Waals surface area contributed by atoms with Crippen LogP contribution in [0, 0.1) is 0 Å². The molecule has 0 unspecified atom stereocenters. The summed E-state index contributed by atoms with van der Waals surface area (Å²) in [5, 5.41) is 4.05. The molecule has 0 aliphatic rings. The van der Waals surface area contributed by atoms with E-state index in [1.807, 2.05) is 30.3 Å². The van der Waals surface area contributed by atoms with E-state index < -0.39 is 5.91 Å². The number of carbonyl (C=O) groups excluding carboxylic acids is 1. The smallest absolute Gasteiger partial charge is 0.251 e. The summed E-state index contributed by atoms with van der Waals surface area (Å²) < 4.78 is 1.69. The topological polar surface area (TPSA) is 60.9 Å². The van der Waals surface area contributed by atoms with Crippen molar-refractivity contribution in [3.8, 4) is 0 Å². The van der Waals surface area contributed by atoms with Gasteiger partial charge in [-0.15, -0.1) is 0 Å². The van der Waals surface area contributed by atoms with E-state index in [-0.39, 0.29) is 0 Å². The first-order valence-corrected chi connectivity index (χ1v) is 4.62. The summed E-state index contributed by atoms with van der Waals surface area (Å²) in [5.74, 6) is -0.450. The molecule has 4 nitrogen and oxygen atoms in total. The van der Waals surface area contributed by atoms with Crippen molar-refractivity contribution >= 4 is 5.91 Å². The van der Waals surface area contributed by atoms with Crippen molar-refractivity contribution in [1.29, 1.82) is 0 Å². The van der Waals surface area contributed by atoms with E-state index in [1.165, 1.54) is 6.20 Å². The van der Waals surface area contributed by atoms with Gasteiger partial charge in [-0.05, 0) is 5.56 Å². The minimum Gasteiger partial charge on any atom is -0.366 e. The van der Waals surface area contributed by atoms with E-state index in [9.17, 15) is 4.79 Å². The van der Waals surface area contributed by atoms with Crippen molar-refractivity contribution in [2.45, 2.75) is 6.54 Å². The van der Waals surface area contributed by atoms with Crippen LogP contribution in [0.15, 0.2) is 42.7 Å². The largest absolute Gasteiger partial charge is 0.366 e. The molecule has 1 aromatic carbocycles. The van der Waals surface area contributed by atoms with Gasteiger partial charge in [0.2, 0.25) is 0 Å². The number of amides is 1. The van der Waals surface area contributed by atoms with Gasteiger partial charge in [-0.3, -0.25) is 9.48 Å². The maximum absolute atomic E-state index is 10.8. The molecule has 2 N–H and O–H groups in total. The van der Waals surface area contributed by atoms with Crippen LogP contribution in [-0.4, -0.2) is 15.7 Å². The molecule has 0 atom stereocenters. The van der Waals surface area contributed by atoms with Crippen LogP contribution in [0.1, 0.15) is 15.9 Å². The Morgan fingerprint density at radius 1 is 1.33 bits per heavy atom. The Kier molecular flexibility index (Phi) is 2.49. The highest BCUT2D eigenvalue weighted by atomic mass is 16.1. The number of nitrogens with zero attached hydrogens (tertiary/aromatic N) is 2. The molecular formula is C11H11N3O. The Morgan fingerprint density at radius 2 is 2.07 bits per heavy atom. The number of benzene rings is 1. The first-order valence-electron chi connectivity index (χ1n) is 4.62. The van der Waals surface area contributed by atoms with Crippen molar-refractivity contribution in [3.05, 3.63) is 53.9 Å². The molecule has 1 amide bonds. The number of primary amides is 1. The Hall–Kier alpha value is -2.10. The fourth-order valence-electron chi connectivity index (χ4n) is 1.35. The number of rotatable bonds is 3. The fraction of sp³-hybridized carbons (Fsp3) is 0.0909. The molecule has 0 saturated carbocycles. The number of aromatic nitrogens is 2. The van der Waals surface area contributed by atoms with Gasteiger partial charge in [0.25, 0.3) is 5.91 Å². The van der Waals surface area contributed by atoms with Crippen molar-refractivity contribution in [3.63, 3.8) is 0 Å². The average Bonchev–Trinajstić information content (AvgIpc) is 2.68. The van der Waals surface area contributed by atoms with Gasteiger partial charge in [0.15, 0.2) is 0 Å².